The summed E-state index contributed by atoms with van der Waals surface area (Å²) in [5, 5.41) is 12.7. The first-order chi connectivity index (χ1) is 16.0. The molecule has 33 heavy (non-hydrogen) atoms. The minimum Gasteiger partial charge on any atom is -0.473 e. The largest absolute Gasteiger partial charge is 0.473 e. The number of carbonyl (C=O) groups is 1. The normalized spacial score (nSPS) is 14.2. The van der Waals surface area contributed by atoms with Gasteiger partial charge in [0.15, 0.2) is 0 Å². The molecule has 10 heteroatoms. The highest BCUT2D eigenvalue weighted by molar-refractivity contribution is 7.12. The summed E-state index contributed by atoms with van der Waals surface area (Å²) in [6.07, 6.45) is 0.754. The average Bonchev–Trinajstić information content (AvgIpc) is 3.35. The lowest BCUT2D eigenvalue weighted by molar-refractivity contribution is -0.729. The molecule has 0 bridgehead atoms. The van der Waals surface area contributed by atoms with Crippen molar-refractivity contribution in [2.24, 2.45) is 0 Å². The smallest absolute Gasteiger partial charge is 0.401 e. The third-order valence-electron chi connectivity index (χ3n) is 5.60. The van der Waals surface area contributed by atoms with Crippen LogP contribution in [0.5, 0.6) is 5.88 Å². The van der Waals surface area contributed by atoms with Crippen molar-refractivity contribution < 1.29 is 19.7 Å². The quantitative estimate of drug-likeness (QED) is 0.399. The fourth-order valence-corrected chi connectivity index (χ4v) is 4.69. The van der Waals surface area contributed by atoms with Crippen LogP contribution in [0.4, 0.5) is 11.4 Å². The van der Waals surface area contributed by atoms with Gasteiger partial charge >= 0.3 is 11.6 Å². The number of pyridine rings is 1. The Labute approximate surface area is 196 Å². The molecule has 3 aromatic rings. The Morgan fingerprint density at radius 2 is 1.94 bits per heavy atom. The second-order valence-electron chi connectivity index (χ2n) is 8.17. The van der Waals surface area contributed by atoms with Gasteiger partial charge in [0.25, 0.3) is 10.8 Å². The molecule has 1 amide bonds. The van der Waals surface area contributed by atoms with Gasteiger partial charge < -0.3 is 19.4 Å². The third-order valence-corrected chi connectivity index (χ3v) is 6.46. The number of nitrogens with zero attached hydrogens (tertiary/aromatic N) is 5. The topological polar surface area (TPSA) is 89.2 Å². The molecule has 0 atom stereocenters. The van der Waals surface area contributed by atoms with Crippen LogP contribution in [0.2, 0.25) is 0 Å². The van der Waals surface area contributed by atoms with E-state index in [0.29, 0.717) is 48.9 Å². The van der Waals surface area contributed by atoms with Gasteiger partial charge in [-0.3, -0.25) is 4.79 Å². The van der Waals surface area contributed by atoms with Crippen LogP contribution < -0.4 is 9.64 Å². The van der Waals surface area contributed by atoms with Crippen LogP contribution in [-0.4, -0.2) is 84.2 Å². The number of para-hydroxylation sites is 1. The zero-order chi connectivity index (χ0) is 23.4. The van der Waals surface area contributed by atoms with Gasteiger partial charge in [-0.2, -0.15) is 0 Å². The highest BCUT2D eigenvalue weighted by Gasteiger charge is 2.35. The molecule has 1 fully saturated rings. The number of rotatable bonds is 8. The highest BCUT2D eigenvalue weighted by atomic mass is 32.1. The number of piperazine rings is 1. The minimum atomic E-state index is -0.154. The maximum absolute atomic E-state index is 12.7. The van der Waals surface area contributed by atoms with Gasteiger partial charge in [0.05, 0.1) is 21.9 Å². The van der Waals surface area contributed by atoms with Crippen molar-refractivity contribution in [3.8, 4) is 5.88 Å². The summed E-state index contributed by atoms with van der Waals surface area (Å²) in [6, 6.07) is 11.2. The molecule has 0 saturated carbocycles. The number of thiophene rings is 1. The van der Waals surface area contributed by atoms with Crippen LogP contribution in [-0.2, 0) is 0 Å². The van der Waals surface area contributed by atoms with Gasteiger partial charge in [-0.15, -0.1) is 11.3 Å². The predicted octanol–water partition coefficient (Wildman–Crippen LogP) is 3.39. The Hall–Kier alpha value is -3.24. The van der Waals surface area contributed by atoms with Crippen LogP contribution in [0.1, 0.15) is 16.1 Å². The van der Waals surface area contributed by atoms with Crippen molar-refractivity contribution in [2.45, 2.75) is 6.42 Å². The first-order valence-corrected chi connectivity index (χ1v) is 11.8. The first-order valence-electron chi connectivity index (χ1n) is 10.9. The van der Waals surface area contributed by atoms with Gasteiger partial charge in [-0.05, 0) is 38.0 Å². The molecule has 0 radical (unpaired) electrons. The number of hydrogen-bond acceptors (Lipinski definition) is 7. The van der Waals surface area contributed by atoms with E-state index in [2.05, 4.69) is 4.98 Å². The van der Waals surface area contributed by atoms with E-state index in [1.807, 2.05) is 70.6 Å². The van der Waals surface area contributed by atoms with E-state index in [4.69, 9.17) is 4.74 Å². The zero-order valence-corrected chi connectivity index (χ0v) is 19.6. The number of aromatic nitrogens is 1. The molecule has 0 unspecified atom stereocenters. The molecule has 9 nitrogen and oxygen atoms in total. The highest BCUT2D eigenvalue weighted by Crippen LogP contribution is 2.41. The fourth-order valence-electron chi connectivity index (χ4n) is 3.99. The summed E-state index contributed by atoms with van der Waals surface area (Å²) in [6.45, 7) is 3.26. The van der Waals surface area contributed by atoms with Crippen LogP contribution >= 0.6 is 11.3 Å². The number of ether oxygens (including phenoxy) is 1. The molecule has 1 N–H and O–H groups in total. The Balaban J connectivity index is 1.62. The monoisotopic (exact) mass is 470 g/mol. The van der Waals surface area contributed by atoms with E-state index in [-0.39, 0.29) is 22.4 Å². The molecule has 0 aliphatic carbocycles. The number of fused-ring (bicyclic) bond motifs is 1. The molecule has 1 aliphatic heterocycles. The molecule has 3 heterocycles. The fraction of sp³-hybridized carbons (Fsp3) is 0.391. The van der Waals surface area contributed by atoms with Crippen molar-refractivity contribution in [3.05, 3.63) is 51.6 Å². The zero-order valence-electron chi connectivity index (χ0n) is 18.8. The van der Waals surface area contributed by atoms with Gasteiger partial charge in [-0.1, -0.05) is 24.3 Å². The number of hydrogen-bond donors (Lipinski definition) is 1. The average molecular weight is 471 g/mol. The van der Waals surface area contributed by atoms with Crippen molar-refractivity contribution in [2.75, 3.05) is 58.3 Å². The van der Waals surface area contributed by atoms with Crippen molar-refractivity contribution in [1.82, 2.24) is 14.8 Å². The number of amides is 1. The van der Waals surface area contributed by atoms with E-state index in [0.717, 1.165) is 18.4 Å². The van der Waals surface area contributed by atoms with Crippen LogP contribution in [0.15, 0.2) is 41.8 Å². The first kappa shape index (κ1) is 22.9. The molecule has 4 rings (SSSR count). The van der Waals surface area contributed by atoms with Gasteiger partial charge in [0.2, 0.25) is 0 Å². The van der Waals surface area contributed by atoms with Gasteiger partial charge in [-0.25, -0.2) is 10.2 Å². The maximum Gasteiger partial charge on any atom is 0.401 e. The molecule has 0 spiro atoms. The number of benzene rings is 1. The summed E-state index contributed by atoms with van der Waals surface area (Å²) < 4.78 is 5.87. The lowest BCUT2D eigenvalue weighted by atomic mass is 10.1. The molecule has 1 saturated heterocycles. The lowest BCUT2D eigenvalue weighted by Gasteiger charge is -2.35. The number of carbonyl (C=O) groups excluding carboxylic acids is 1. The second kappa shape index (κ2) is 10.1. The lowest BCUT2D eigenvalue weighted by Crippen LogP contribution is -2.48. The maximum atomic E-state index is 12.7. The standard InChI is InChI=1S/C23H28N5O4S/c1-25(2)10-6-15-32-22-21(28(30)31)20(17-7-3-4-8-18(17)24-22)26-11-13-27(14-12-26)23(29)19-9-5-16-33-19/h3-5,7-9,16H,6,10-15H2,1-2H3,(H,30,31)/q+1. The third kappa shape index (κ3) is 5.07. The molecular formula is C23H28N5O4S+. The molecular weight excluding hydrogens is 442 g/mol. The molecule has 1 aromatic carbocycles. The number of anilines is 1. The summed E-state index contributed by atoms with van der Waals surface area (Å²) in [4.78, 5) is 36.0. The predicted molar refractivity (Wildman–Crippen MR) is 128 cm³/mol. The summed E-state index contributed by atoms with van der Waals surface area (Å²) in [5.41, 5.74) is 1.25. The Morgan fingerprint density at radius 3 is 2.61 bits per heavy atom. The van der Waals surface area contributed by atoms with Crippen molar-refractivity contribution >= 4 is 39.5 Å². The van der Waals surface area contributed by atoms with Crippen molar-refractivity contribution in [3.63, 3.8) is 0 Å². The Morgan fingerprint density at radius 1 is 1.18 bits per heavy atom. The minimum absolute atomic E-state index is 0.00316. The van der Waals surface area contributed by atoms with Crippen LogP contribution in [0, 0.1) is 4.91 Å². The van der Waals surface area contributed by atoms with Crippen LogP contribution in [0.25, 0.3) is 10.9 Å². The Kier molecular flexibility index (Phi) is 7.05. The summed E-state index contributed by atoms with van der Waals surface area (Å²) in [7, 11) is 3.96. The van der Waals surface area contributed by atoms with E-state index >= 15 is 0 Å². The molecule has 1 aliphatic rings. The van der Waals surface area contributed by atoms with Gasteiger partial charge in [0.1, 0.15) is 5.69 Å². The molecule has 174 valence electrons. The SMILES string of the molecule is CN(C)CCCOc1nc2ccccc2c(N2CCN(C(=O)c3cccs3)CC2)c1[N+](=O)O. The summed E-state index contributed by atoms with van der Waals surface area (Å²) in [5.74, 6) is 0.124. The van der Waals surface area contributed by atoms with Crippen molar-refractivity contribution in [1.29, 1.82) is 0 Å². The van der Waals surface area contributed by atoms with E-state index in [1.165, 1.54) is 11.3 Å². The Bertz CT molecular complexity index is 1130. The second-order valence-corrected chi connectivity index (χ2v) is 9.11. The molecule has 2 aromatic heterocycles. The van der Waals surface area contributed by atoms with E-state index in [9.17, 15) is 14.9 Å². The van der Waals surface area contributed by atoms with E-state index in [1.54, 1.807) is 0 Å². The summed E-state index contributed by atoms with van der Waals surface area (Å²) >= 11 is 1.43. The van der Waals surface area contributed by atoms with E-state index < -0.39 is 0 Å². The van der Waals surface area contributed by atoms with Crippen LogP contribution in [0.3, 0.4) is 0 Å². The van der Waals surface area contributed by atoms with Gasteiger partial charge in [0, 0.05) is 38.1 Å².